The highest BCUT2D eigenvalue weighted by atomic mass is 32.2. The maximum Gasteiger partial charge on any atom is 0.175 e. The van der Waals surface area contributed by atoms with E-state index in [0.29, 0.717) is 11.4 Å². The minimum absolute atomic E-state index is 0.294. The lowest BCUT2D eigenvalue weighted by atomic mass is 10.1. The minimum atomic E-state index is -3.21. The van der Waals surface area contributed by atoms with Gasteiger partial charge in [0.25, 0.3) is 0 Å². The van der Waals surface area contributed by atoms with Gasteiger partial charge in [-0.1, -0.05) is 29.8 Å². The molecule has 0 aliphatic rings. The maximum absolute atomic E-state index is 11.6. The Labute approximate surface area is 141 Å². The number of sulfone groups is 1. The number of hydrogen-bond acceptors (Lipinski definition) is 4. The third-order valence-corrected chi connectivity index (χ3v) is 4.95. The van der Waals surface area contributed by atoms with E-state index >= 15 is 0 Å². The summed E-state index contributed by atoms with van der Waals surface area (Å²) >= 11 is 0. The van der Waals surface area contributed by atoms with Crippen molar-refractivity contribution in [2.24, 2.45) is 5.73 Å². The van der Waals surface area contributed by atoms with Gasteiger partial charge < -0.3 is 5.73 Å². The summed E-state index contributed by atoms with van der Waals surface area (Å²) in [4.78, 5) is 4.89. The van der Waals surface area contributed by atoms with Gasteiger partial charge in [-0.05, 0) is 31.2 Å². The smallest absolute Gasteiger partial charge is 0.175 e. The summed E-state index contributed by atoms with van der Waals surface area (Å²) in [7, 11) is -3.21. The van der Waals surface area contributed by atoms with Gasteiger partial charge in [-0.3, -0.25) is 4.57 Å². The molecule has 2 aromatic carbocycles. The molecule has 0 fully saturated rings. The maximum atomic E-state index is 11.6. The first-order valence-corrected chi connectivity index (χ1v) is 9.43. The first kappa shape index (κ1) is 16.4. The Morgan fingerprint density at radius 2 is 1.67 bits per heavy atom. The Bertz CT molecular complexity index is 957. The summed E-state index contributed by atoms with van der Waals surface area (Å²) in [5.41, 5.74) is 9.51. The van der Waals surface area contributed by atoms with E-state index in [0.717, 1.165) is 22.8 Å². The predicted octanol–water partition coefficient (Wildman–Crippen LogP) is 2.71. The number of nitrogens with zero attached hydrogens (tertiary/aromatic N) is 2. The highest BCUT2D eigenvalue weighted by molar-refractivity contribution is 7.90. The van der Waals surface area contributed by atoms with Crippen molar-refractivity contribution in [3.05, 3.63) is 66.0 Å². The lowest BCUT2D eigenvalue weighted by Gasteiger charge is -2.09. The van der Waals surface area contributed by atoms with Crippen molar-refractivity contribution in [2.75, 3.05) is 6.26 Å². The summed E-state index contributed by atoms with van der Waals surface area (Å²) < 4.78 is 25.2. The number of aromatic nitrogens is 2. The average molecular weight is 341 g/mol. The predicted molar refractivity (Wildman–Crippen MR) is 94.7 cm³/mol. The van der Waals surface area contributed by atoms with Crippen molar-refractivity contribution in [2.45, 2.75) is 18.4 Å². The van der Waals surface area contributed by atoms with Crippen LogP contribution in [-0.2, 0) is 16.4 Å². The molecule has 6 heteroatoms. The molecule has 0 aliphatic carbocycles. The molecule has 1 heterocycles. The minimum Gasteiger partial charge on any atom is -0.325 e. The molecule has 0 amide bonds. The monoisotopic (exact) mass is 341 g/mol. The van der Waals surface area contributed by atoms with Crippen LogP contribution in [0.2, 0.25) is 0 Å². The first-order chi connectivity index (χ1) is 11.4. The quantitative estimate of drug-likeness (QED) is 0.791. The molecule has 0 bridgehead atoms. The zero-order valence-electron chi connectivity index (χ0n) is 13.6. The number of imidazole rings is 1. The fraction of sp³-hybridized carbons (Fsp3) is 0.167. The number of benzene rings is 2. The van der Waals surface area contributed by atoms with Gasteiger partial charge in [-0.2, -0.15) is 0 Å². The van der Waals surface area contributed by atoms with Crippen LogP contribution in [0, 0.1) is 6.92 Å². The van der Waals surface area contributed by atoms with Crippen LogP contribution >= 0.6 is 0 Å². The molecule has 5 nitrogen and oxygen atoms in total. The Morgan fingerprint density at radius 1 is 1.04 bits per heavy atom. The SMILES string of the molecule is Cc1ccc(-c2nc(CN)cn2-c2ccc(S(C)(=O)=O)cc2)cc1. The molecule has 0 saturated heterocycles. The highest BCUT2D eigenvalue weighted by Gasteiger charge is 2.12. The van der Waals surface area contributed by atoms with E-state index < -0.39 is 9.84 Å². The molecular formula is C18H19N3O2S. The van der Waals surface area contributed by atoms with Crippen LogP contribution in [0.25, 0.3) is 17.1 Å². The molecule has 3 aromatic rings. The third kappa shape index (κ3) is 3.25. The summed E-state index contributed by atoms with van der Waals surface area (Å²) in [6.45, 7) is 2.37. The molecule has 24 heavy (non-hydrogen) atoms. The molecule has 124 valence electrons. The summed E-state index contributed by atoms with van der Waals surface area (Å²) in [5.74, 6) is 0.780. The van der Waals surface area contributed by atoms with Crippen LogP contribution in [0.5, 0.6) is 0 Å². The molecule has 3 rings (SSSR count). The number of hydrogen-bond donors (Lipinski definition) is 1. The molecule has 0 aliphatic heterocycles. The van der Waals surface area contributed by atoms with Crippen LogP contribution in [-0.4, -0.2) is 24.2 Å². The number of nitrogens with two attached hydrogens (primary N) is 1. The van der Waals surface area contributed by atoms with Gasteiger partial charge in [0, 0.05) is 30.2 Å². The van der Waals surface area contributed by atoms with E-state index in [1.54, 1.807) is 24.3 Å². The lowest BCUT2D eigenvalue weighted by molar-refractivity contribution is 0.602. The fourth-order valence-corrected chi connectivity index (χ4v) is 3.11. The number of aryl methyl sites for hydroxylation is 1. The van der Waals surface area contributed by atoms with Gasteiger partial charge in [-0.25, -0.2) is 13.4 Å². The third-order valence-electron chi connectivity index (χ3n) is 3.82. The lowest BCUT2D eigenvalue weighted by Crippen LogP contribution is -1.99. The Kier molecular flexibility index (Phi) is 4.26. The normalized spacial score (nSPS) is 11.6. The molecule has 1 aromatic heterocycles. The van der Waals surface area contributed by atoms with Gasteiger partial charge in [0.2, 0.25) is 0 Å². The van der Waals surface area contributed by atoms with Gasteiger partial charge in [0.15, 0.2) is 9.84 Å². The molecule has 0 unspecified atom stereocenters. The molecule has 0 saturated carbocycles. The average Bonchev–Trinajstić information content (AvgIpc) is 2.99. The van der Waals surface area contributed by atoms with Crippen LogP contribution < -0.4 is 5.73 Å². The summed E-state index contributed by atoms with van der Waals surface area (Å²) in [6.07, 6.45) is 3.08. The zero-order chi connectivity index (χ0) is 17.3. The second kappa shape index (κ2) is 6.22. The van der Waals surface area contributed by atoms with Crippen LogP contribution in [0.3, 0.4) is 0 Å². The molecular weight excluding hydrogens is 322 g/mol. The van der Waals surface area contributed by atoms with Gasteiger partial charge in [0.1, 0.15) is 5.82 Å². The molecule has 0 radical (unpaired) electrons. The second-order valence-corrected chi connectivity index (χ2v) is 7.78. The van der Waals surface area contributed by atoms with Crippen molar-refractivity contribution in [3.8, 4) is 17.1 Å². The second-order valence-electron chi connectivity index (χ2n) is 5.76. The number of rotatable bonds is 4. The van der Waals surface area contributed by atoms with Gasteiger partial charge in [-0.15, -0.1) is 0 Å². The van der Waals surface area contributed by atoms with Crippen molar-refractivity contribution in [3.63, 3.8) is 0 Å². The van der Waals surface area contributed by atoms with Crippen LogP contribution in [0.1, 0.15) is 11.3 Å². The standard InChI is InChI=1S/C18H19N3O2S/c1-13-3-5-14(6-4-13)18-20-15(11-19)12-21(18)16-7-9-17(10-8-16)24(2,22)23/h3-10,12H,11,19H2,1-2H3. The van der Waals surface area contributed by atoms with E-state index in [4.69, 9.17) is 5.73 Å². The Balaban J connectivity index is 2.10. The molecule has 0 spiro atoms. The van der Waals surface area contributed by atoms with Gasteiger partial charge >= 0.3 is 0 Å². The highest BCUT2D eigenvalue weighted by Crippen LogP contribution is 2.24. The zero-order valence-corrected chi connectivity index (χ0v) is 14.4. The molecule has 0 atom stereocenters. The van der Waals surface area contributed by atoms with Crippen LogP contribution in [0.15, 0.2) is 59.6 Å². The van der Waals surface area contributed by atoms with Crippen molar-refractivity contribution >= 4 is 9.84 Å². The fourth-order valence-electron chi connectivity index (χ4n) is 2.48. The topological polar surface area (TPSA) is 78.0 Å². The van der Waals surface area contributed by atoms with Gasteiger partial charge in [0.05, 0.1) is 10.6 Å². The van der Waals surface area contributed by atoms with E-state index in [-0.39, 0.29) is 0 Å². The van der Waals surface area contributed by atoms with Crippen LogP contribution in [0.4, 0.5) is 0 Å². The van der Waals surface area contributed by atoms with Crippen molar-refractivity contribution in [1.29, 1.82) is 0 Å². The largest absolute Gasteiger partial charge is 0.325 e. The summed E-state index contributed by atoms with van der Waals surface area (Å²) in [5, 5.41) is 0. The van der Waals surface area contributed by atoms with E-state index in [1.165, 1.54) is 11.8 Å². The molecule has 2 N–H and O–H groups in total. The first-order valence-electron chi connectivity index (χ1n) is 7.54. The van der Waals surface area contributed by atoms with Crippen molar-refractivity contribution < 1.29 is 8.42 Å². The Hall–Kier alpha value is -2.44. The van der Waals surface area contributed by atoms with Crippen molar-refractivity contribution in [1.82, 2.24) is 9.55 Å². The van der Waals surface area contributed by atoms with E-state index in [2.05, 4.69) is 4.98 Å². The summed E-state index contributed by atoms with van der Waals surface area (Å²) in [6, 6.07) is 14.8. The Morgan fingerprint density at radius 3 is 2.21 bits per heavy atom. The van der Waals surface area contributed by atoms with E-state index in [9.17, 15) is 8.42 Å². The van der Waals surface area contributed by atoms with E-state index in [1.807, 2.05) is 42.0 Å².